The van der Waals surface area contributed by atoms with Crippen molar-refractivity contribution in [2.45, 2.75) is 20.3 Å². The summed E-state index contributed by atoms with van der Waals surface area (Å²) in [5, 5.41) is 0. The quantitative estimate of drug-likeness (QED) is 0.613. The molecule has 0 aromatic heterocycles. The van der Waals surface area contributed by atoms with Crippen LogP contribution in [-0.4, -0.2) is 24.1 Å². The molecule has 0 radical (unpaired) electrons. The molecule has 0 saturated carbocycles. The van der Waals surface area contributed by atoms with Gasteiger partial charge in [0.1, 0.15) is 0 Å². The molecule has 0 aliphatic heterocycles. The van der Waals surface area contributed by atoms with E-state index >= 15 is 0 Å². The second-order valence-electron chi connectivity index (χ2n) is 2.66. The van der Waals surface area contributed by atoms with Crippen LogP contribution in [0.15, 0.2) is 24.9 Å². The first-order chi connectivity index (χ1) is 6.13. The summed E-state index contributed by atoms with van der Waals surface area (Å²) in [4.78, 5) is 12.8. The second-order valence-corrected chi connectivity index (χ2v) is 2.66. The highest BCUT2D eigenvalue weighted by Crippen LogP contribution is 2.04. The van der Waals surface area contributed by atoms with Gasteiger partial charge in [-0.15, -0.1) is 6.58 Å². The maximum Gasteiger partial charge on any atom is 0.413 e. The first-order valence-corrected chi connectivity index (χ1v) is 4.34. The van der Waals surface area contributed by atoms with Gasteiger partial charge in [0.05, 0.1) is 6.61 Å². The molecule has 0 unspecified atom stereocenters. The fraction of sp³-hybridized carbons (Fsp3) is 0.500. The Hall–Kier alpha value is -1.25. The summed E-state index contributed by atoms with van der Waals surface area (Å²) >= 11 is 0. The Balaban J connectivity index is 4.15. The molecule has 1 amide bonds. The summed E-state index contributed by atoms with van der Waals surface area (Å²) in [6, 6.07) is 0. The molecule has 3 nitrogen and oxygen atoms in total. The lowest BCUT2D eigenvalue weighted by molar-refractivity contribution is 0.119. The summed E-state index contributed by atoms with van der Waals surface area (Å²) in [6.07, 6.45) is 2.16. The van der Waals surface area contributed by atoms with Gasteiger partial charge < -0.3 is 4.74 Å². The average molecular weight is 183 g/mol. The molecule has 3 heteroatoms. The van der Waals surface area contributed by atoms with Gasteiger partial charge >= 0.3 is 6.09 Å². The standard InChI is InChI=1S/C10H17NO2/c1-5-7-8-11(9(3)4)10(12)13-6-2/h5H,1,3,6-8H2,2,4H3. The minimum atomic E-state index is -0.336. The first-order valence-electron chi connectivity index (χ1n) is 4.34. The zero-order valence-electron chi connectivity index (χ0n) is 8.38. The van der Waals surface area contributed by atoms with E-state index in [1.807, 2.05) is 0 Å². The number of ether oxygens (including phenoxy) is 1. The van der Waals surface area contributed by atoms with Crippen LogP contribution in [0.25, 0.3) is 0 Å². The van der Waals surface area contributed by atoms with Crippen LogP contribution in [0.1, 0.15) is 20.3 Å². The molecule has 0 saturated heterocycles. The van der Waals surface area contributed by atoms with Crippen LogP contribution >= 0.6 is 0 Å². The van der Waals surface area contributed by atoms with Crippen molar-refractivity contribution in [3.05, 3.63) is 24.9 Å². The van der Waals surface area contributed by atoms with E-state index < -0.39 is 0 Å². The Bertz CT molecular complexity index is 199. The molecule has 0 aromatic rings. The molecule has 0 bridgehead atoms. The van der Waals surface area contributed by atoms with Crippen molar-refractivity contribution in [1.82, 2.24) is 4.90 Å². The highest BCUT2D eigenvalue weighted by Gasteiger charge is 2.13. The Labute approximate surface area is 79.7 Å². The smallest absolute Gasteiger partial charge is 0.413 e. The molecule has 0 fully saturated rings. The predicted molar refractivity (Wildman–Crippen MR) is 53.4 cm³/mol. The van der Waals surface area contributed by atoms with E-state index in [2.05, 4.69) is 13.2 Å². The van der Waals surface area contributed by atoms with E-state index in [1.165, 1.54) is 4.90 Å². The molecule has 0 spiro atoms. The van der Waals surface area contributed by atoms with Crippen molar-refractivity contribution in [1.29, 1.82) is 0 Å². The molecule has 0 N–H and O–H groups in total. The summed E-state index contributed by atoms with van der Waals surface area (Å²) < 4.78 is 4.85. The van der Waals surface area contributed by atoms with E-state index in [0.717, 1.165) is 6.42 Å². The first kappa shape index (κ1) is 11.8. The van der Waals surface area contributed by atoms with Crippen molar-refractivity contribution in [3.8, 4) is 0 Å². The summed E-state index contributed by atoms with van der Waals surface area (Å²) in [7, 11) is 0. The lowest BCUT2D eigenvalue weighted by Gasteiger charge is -2.20. The van der Waals surface area contributed by atoms with Crippen LogP contribution in [0.3, 0.4) is 0 Å². The fourth-order valence-corrected chi connectivity index (χ4v) is 0.860. The molecule has 74 valence electrons. The fourth-order valence-electron chi connectivity index (χ4n) is 0.860. The van der Waals surface area contributed by atoms with Crippen molar-refractivity contribution >= 4 is 6.09 Å². The van der Waals surface area contributed by atoms with Crippen molar-refractivity contribution in [2.75, 3.05) is 13.2 Å². The molecule has 0 heterocycles. The summed E-state index contributed by atoms with van der Waals surface area (Å²) in [6.45, 7) is 11.8. The zero-order valence-corrected chi connectivity index (χ0v) is 8.38. The molecule has 0 aliphatic rings. The highest BCUT2D eigenvalue weighted by atomic mass is 16.6. The number of allylic oxidation sites excluding steroid dienone is 1. The van der Waals surface area contributed by atoms with Gasteiger partial charge in [0.15, 0.2) is 0 Å². The maximum absolute atomic E-state index is 11.3. The second kappa shape index (κ2) is 6.29. The largest absolute Gasteiger partial charge is 0.449 e. The normalized spacial score (nSPS) is 9.08. The topological polar surface area (TPSA) is 29.5 Å². The van der Waals surface area contributed by atoms with Gasteiger partial charge in [0.25, 0.3) is 0 Å². The molecule has 0 aliphatic carbocycles. The monoisotopic (exact) mass is 183 g/mol. The number of amides is 1. The van der Waals surface area contributed by atoms with Crippen molar-refractivity contribution in [2.24, 2.45) is 0 Å². The Kier molecular flexibility index (Phi) is 5.68. The number of carbonyl (C=O) groups is 1. The average Bonchev–Trinajstić information content (AvgIpc) is 2.05. The Morgan fingerprint density at radius 2 is 2.23 bits per heavy atom. The highest BCUT2D eigenvalue weighted by molar-refractivity contribution is 5.69. The van der Waals surface area contributed by atoms with Crippen LogP contribution in [0, 0.1) is 0 Å². The van der Waals surface area contributed by atoms with E-state index in [1.54, 1.807) is 19.9 Å². The number of rotatable bonds is 5. The van der Waals surface area contributed by atoms with Gasteiger partial charge in [-0.25, -0.2) is 4.79 Å². The van der Waals surface area contributed by atoms with Crippen LogP contribution in [-0.2, 0) is 4.74 Å². The van der Waals surface area contributed by atoms with Gasteiger partial charge in [-0.3, -0.25) is 4.90 Å². The molecular formula is C10H17NO2. The van der Waals surface area contributed by atoms with E-state index in [4.69, 9.17) is 4.74 Å². The van der Waals surface area contributed by atoms with E-state index in [0.29, 0.717) is 18.8 Å². The maximum atomic E-state index is 11.3. The van der Waals surface area contributed by atoms with Crippen molar-refractivity contribution < 1.29 is 9.53 Å². The number of hydrogen-bond donors (Lipinski definition) is 0. The van der Waals surface area contributed by atoms with Crippen LogP contribution in [0.2, 0.25) is 0 Å². The third-order valence-corrected chi connectivity index (χ3v) is 1.51. The minimum absolute atomic E-state index is 0.336. The zero-order chi connectivity index (χ0) is 10.3. The molecule has 0 rings (SSSR count). The van der Waals surface area contributed by atoms with E-state index in [9.17, 15) is 4.79 Å². The van der Waals surface area contributed by atoms with Gasteiger partial charge in [-0.05, 0) is 20.3 Å². The molecule has 0 aromatic carbocycles. The van der Waals surface area contributed by atoms with Crippen molar-refractivity contribution in [3.63, 3.8) is 0 Å². The van der Waals surface area contributed by atoms with Gasteiger partial charge in [-0.2, -0.15) is 0 Å². The van der Waals surface area contributed by atoms with Crippen LogP contribution in [0.4, 0.5) is 4.79 Å². The predicted octanol–water partition coefficient (Wildman–Crippen LogP) is 2.55. The van der Waals surface area contributed by atoms with Gasteiger partial charge in [0.2, 0.25) is 0 Å². The van der Waals surface area contributed by atoms with E-state index in [-0.39, 0.29) is 6.09 Å². The third-order valence-electron chi connectivity index (χ3n) is 1.51. The molecular weight excluding hydrogens is 166 g/mol. The lowest BCUT2D eigenvalue weighted by atomic mass is 10.3. The molecule has 13 heavy (non-hydrogen) atoms. The summed E-state index contributed by atoms with van der Waals surface area (Å²) in [5.41, 5.74) is 0.695. The Morgan fingerprint density at radius 3 is 2.62 bits per heavy atom. The minimum Gasteiger partial charge on any atom is -0.449 e. The van der Waals surface area contributed by atoms with Gasteiger partial charge in [0, 0.05) is 12.2 Å². The molecule has 0 atom stereocenters. The Morgan fingerprint density at radius 1 is 1.62 bits per heavy atom. The van der Waals surface area contributed by atoms with Gasteiger partial charge in [-0.1, -0.05) is 12.7 Å². The number of nitrogens with zero attached hydrogens (tertiary/aromatic N) is 1. The number of hydrogen-bond acceptors (Lipinski definition) is 2. The third kappa shape index (κ3) is 4.35. The van der Waals surface area contributed by atoms with Crippen LogP contribution in [0.5, 0.6) is 0 Å². The SMILES string of the molecule is C=CCCN(C(=C)C)C(=O)OCC. The van der Waals surface area contributed by atoms with Crippen LogP contribution < -0.4 is 0 Å². The lowest BCUT2D eigenvalue weighted by Crippen LogP contribution is -2.30. The summed E-state index contributed by atoms with van der Waals surface area (Å²) in [5.74, 6) is 0. The number of carbonyl (C=O) groups excluding carboxylic acids is 1.